The molecule has 3 aromatic rings. The molecule has 3 aromatic carbocycles. The summed E-state index contributed by atoms with van der Waals surface area (Å²) in [6, 6.07) is 15.3. The minimum atomic E-state index is -4.46. The molecule has 0 radical (unpaired) electrons. The Kier molecular flexibility index (Phi) is 7.50. The number of likely N-dealkylation sites (tertiary alicyclic amines) is 1. The predicted molar refractivity (Wildman–Crippen MR) is 136 cm³/mol. The van der Waals surface area contributed by atoms with Crippen LogP contribution in [0.2, 0.25) is 0 Å². The fourth-order valence-corrected chi connectivity index (χ4v) is 5.23. The Morgan fingerprint density at radius 2 is 1.55 bits per heavy atom. The van der Waals surface area contributed by atoms with Crippen molar-refractivity contribution in [2.75, 3.05) is 24.7 Å². The summed E-state index contributed by atoms with van der Waals surface area (Å²) >= 11 is 0. The molecule has 2 N–H and O–H groups in total. The van der Waals surface area contributed by atoms with Gasteiger partial charge in [-0.05, 0) is 65.8 Å². The van der Waals surface area contributed by atoms with Crippen LogP contribution in [0.5, 0.6) is 0 Å². The molecule has 1 aliphatic heterocycles. The van der Waals surface area contributed by atoms with E-state index in [1.54, 1.807) is 24.3 Å². The third kappa shape index (κ3) is 5.99. The molecule has 0 unspecified atom stereocenters. The second-order valence-corrected chi connectivity index (χ2v) is 11.2. The number of hydrogen-bond donors (Lipinski definition) is 2. The number of carbonyl (C=O) groups excluding carboxylic acids is 1. The quantitative estimate of drug-likeness (QED) is 0.416. The maximum absolute atomic E-state index is 13.4. The molecule has 2 amide bonds. The van der Waals surface area contributed by atoms with Gasteiger partial charge in [-0.2, -0.15) is 13.2 Å². The van der Waals surface area contributed by atoms with E-state index in [1.807, 2.05) is 0 Å². The maximum atomic E-state index is 13.4. The van der Waals surface area contributed by atoms with Gasteiger partial charge >= 0.3 is 18.2 Å². The lowest BCUT2D eigenvalue weighted by Crippen LogP contribution is -2.41. The second kappa shape index (κ2) is 10.5. The van der Waals surface area contributed by atoms with Gasteiger partial charge in [-0.15, -0.1) is 0 Å². The number of carboxylic acids is 1. The van der Waals surface area contributed by atoms with Gasteiger partial charge in [0.05, 0.1) is 21.7 Å². The number of benzene rings is 3. The molecule has 1 aliphatic rings. The Labute approximate surface area is 217 Å². The molecule has 0 bridgehead atoms. The summed E-state index contributed by atoms with van der Waals surface area (Å²) < 4.78 is 63.6. The lowest BCUT2D eigenvalue weighted by Gasteiger charge is -2.33. The van der Waals surface area contributed by atoms with Gasteiger partial charge in [0.2, 0.25) is 0 Å². The van der Waals surface area contributed by atoms with E-state index in [0.29, 0.717) is 24.0 Å². The summed E-state index contributed by atoms with van der Waals surface area (Å²) in [6.07, 6.45) is -2.68. The molecule has 0 spiro atoms. The van der Waals surface area contributed by atoms with Gasteiger partial charge in [-0.3, -0.25) is 0 Å². The third-order valence-corrected chi connectivity index (χ3v) is 7.72. The standard InChI is InChI=1S/C27H25F3N2O5S/c1-38(36,37)20-9-6-17(7-10-20)19-8-11-24(22(16-19)25(33)34)31-26(35)32-14-12-18(13-15-32)21-4-2-3-5-23(21)27(28,29)30/h2-11,16,18H,12-15H2,1H3,(H,31,35)(H,33,34). The minimum absolute atomic E-state index is 0.0727. The average molecular weight is 547 g/mol. The smallest absolute Gasteiger partial charge is 0.416 e. The van der Waals surface area contributed by atoms with Crippen molar-refractivity contribution in [2.45, 2.75) is 29.8 Å². The Balaban J connectivity index is 1.47. The molecule has 38 heavy (non-hydrogen) atoms. The van der Waals surface area contributed by atoms with Crippen molar-refractivity contribution < 1.29 is 36.3 Å². The predicted octanol–water partition coefficient (Wildman–Crippen LogP) is 5.89. The highest BCUT2D eigenvalue weighted by molar-refractivity contribution is 7.90. The van der Waals surface area contributed by atoms with Crippen molar-refractivity contribution in [1.82, 2.24) is 4.90 Å². The molecule has 0 aromatic heterocycles. The number of urea groups is 1. The number of hydrogen-bond acceptors (Lipinski definition) is 4. The summed E-state index contributed by atoms with van der Waals surface area (Å²) in [6.45, 7) is 0.436. The number of anilines is 1. The maximum Gasteiger partial charge on any atom is 0.416 e. The van der Waals surface area contributed by atoms with Crippen molar-refractivity contribution in [2.24, 2.45) is 0 Å². The molecule has 1 saturated heterocycles. The van der Waals surface area contributed by atoms with E-state index in [9.17, 15) is 36.3 Å². The largest absolute Gasteiger partial charge is 0.478 e. The fourth-order valence-electron chi connectivity index (χ4n) is 4.60. The topological polar surface area (TPSA) is 104 Å². The first-order chi connectivity index (χ1) is 17.8. The molecule has 0 aliphatic carbocycles. The Bertz CT molecular complexity index is 1460. The molecule has 200 valence electrons. The number of piperidine rings is 1. The van der Waals surface area contributed by atoms with Crippen LogP contribution in [0.25, 0.3) is 11.1 Å². The van der Waals surface area contributed by atoms with Crippen molar-refractivity contribution in [3.63, 3.8) is 0 Å². The molecule has 1 fully saturated rings. The van der Waals surface area contributed by atoms with Gasteiger partial charge in [0.1, 0.15) is 0 Å². The number of nitrogens with one attached hydrogen (secondary N) is 1. The minimum Gasteiger partial charge on any atom is -0.478 e. The number of carboxylic acid groups (broad SMARTS) is 1. The monoisotopic (exact) mass is 546 g/mol. The SMILES string of the molecule is CS(=O)(=O)c1ccc(-c2ccc(NC(=O)N3CCC(c4ccccc4C(F)(F)F)CC3)c(C(=O)O)c2)cc1. The molecule has 11 heteroatoms. The van der Waals surface area contributed by atoms with Crippen LogP contribution in [0.1, 0.15) is 40.2 Å². The van der Waals surface area contributed by atoms with E-state index in [2.05, 4.69) is 5.32 Å². The van der Waals surface area contributed by atoms with Gasteiger partial charge in [-0.25, -0.2) is 18.0 Å². The number of amides is 2. The van der Waals surface area contributed by atoms with Crippen LogP contribution < -0.4 is 5.32 Å². The van der Waals surface area contributed by atoms with Crippen LogP contribution in [-0.4, -0.2) is 49.8 Å². The number of halogens is 3. The summed E-state index contributed by atoms with van der Waals surface area (Å²) in [5.74, 6) is -1.61. The first-order valence-electron chi connectivity index (χ1n) is 11.7. The number of alkyl halides is 3. The second-order valence-electron chi connectivity index (χ2n) is 9.14. The van der Waals surface area contributed by atoms with Crippen LogP contribution in [-0.2, 0) is 16.0 Å². The van der Waals surface area contributed by atoms with Crippen molar-refractivity contribution in [1.29, 1.82) is 0 Å². The molecule has 7 nitrogen and oxygen atoms in total. The first-order valence-corrected chi connectivity index (χ1v) is 13.6. The van der Waals surface area contributed by atoms with E-state index < -0.39 is 33.6 Å². The highest BCUT2D eigenvalue weighted by Gasteiger charge is 2.36. The third-order valence-electron chi connectivity index (χ3n) is 6.60. The summed E-state index contributed by atoms with van der Waals surface area (Å²) in [7, 11) is -3.38. The lowest BCUT2D eigenvalue weighted by molar-refractivity contribution is -0.138. The molecule has 0 atom stereocenters. The van der Waals surface area contributed by atoms with Crippen molar-refractivity contribution in [3.8, 4) is 11.1 Å². The average Bonchev–Trinajstić information content (AvgIpc) is 2.88. The summed E-state index contributed by atoms with van der Waals surface area (Å²) in [5.41, 5.74) is 0.581. The zero-order chi connectivity index (χ0) is 27.7. The highest BCUT2D eigenvalue weighted by atomic mass is 32.2. The Morgan fingerprint density at radius 1 is 0.947 bits per heavy atom. The molecule has 0 saturated carbocycles. The van der Waals surface area contributed by atoms with E-state index in [4.69, 9.17) is 0 Å². The van der Waals surface area contributed by atoms with E-state index in [-0.39, 0.29) is 40.7 Å². The van der Waals surface area contributed by atoms with E-state index >= 15 is 0 Å². The molecule has 1 heterocycles. The highest BCUT2D eigenvalue weighted by Crippen LogP contribution is 2.38. The van der Waals surface area contributed by atoms with Gasteiger partial charge in [0, 0.05) is 19.3 Å². The van der Waals surface area contributed by atoms with Crippen molar-refractivity contribution >= 4 is 27.5 Å². The Morgan fingerprint density at radius 3 is 2.13 bits per heavy atom. The normalized spacial score (nSPS) is 14.8. The zero-order valence-corrected chi connectivity index (χ0v) is 21.1. The van der Waals surface area contributed by atoms with E-state index in [0.717, 1.165) is 12.3 Å². The van der Waals surface area contributed by atoms with Crippen LogP contribution in [0.3, 0.4) is 0 Å². The Hall–Kier alpha value is -3.86. The summed E-state index contributed by atoms with van der Waals surface area (Å²) in [4.78, 5) is 26.4. The lowest BCUT2D eigenvalue weighted by atomic mass is 9.86. The van der Waals surface area contributed by atoms with Crippen LogP contribution >= 0.6 is 0 Å². The van der Waals surface area contributed by atoms with Crippen LogP contribution in [0.15, 0.2) is 71.6 Å². The molecule has 4 rings (SSSR count). The fraction of sp³-hybridized carbons (Fsp3) is 0.259. The van der Waals surface area contributed by atoms with Gasteiger partial charge in [0.15, 0.2) is 9.84 Å². The number of rotatable bonds is 5. The number of nitrogens with zero attached hydrogens (tertiary/aromatic N) is 1. The van der Waals surface area contributed by atoms with Crippen LogP contribution in [0, 0.1) is 0 Å². The van der Waals surface area contributed by atoms with Gasteiger partial charge in [0.25, 0.3) is 0 Å². The zero-order valence-electron chi connectivity index (χ0n) is 20.3. The number of aromatic carboxylic acids is 1. The van der Waals surface area contributed by atoms with Gasteiger partial charge < -0.3 is 15.3 Å². The van der Waals surface area contributed by atoms with E-state index in [1.165, 1.54) is 41.3 Å². The van der Waals surface area contributed by atoms with Crippen LogP contribution in [0.4, 0.5) is 23.7 Å². The summed E-state index contributed by atoms with van der Waals surface area (Å²) in [5, 5.41) is 12.3. The molecular weight excluding hydrogens is 521 g/mol. The number of carbonyl (C=O) groups is 2. The molecular formula is C27H25F3N2O5S. The number of sulfone groups is 1. The van der Waals surface area contributed by atoms with Crippen molar-refractivity contribution in [3.05, 3.63) is 83.4 Å². The first kappa shape index (κ1) is 27.2. The van der Waals surface area contributed by atoms with Gasteiger partial charge in [-0.1, -0.05) is 36.4 Å².